The summed E-state index contributed by atoms with van der Waals surface area (Å²) in [6.45, 7) is 2.93. The lowest BCUT2D eigenvalue weighted by molar-refractivity contribution is 0.0954. The maximum atomic E-state index is 12.4. The third kappa shape index (κ3) is 5.89. The average Bonchev–Trinajstić information content (AvgIpc) is 2.72. The fourth-order valence-electron chi connectivity index (χ4n) is 2.53. The van der Waals surface area contributed by atoms with Gasteiger partial charge in [-0.05, 0) is 58.7 Å². The number of amides is 1. The topological polar surface area (TPSA) is 101 Å². The summed E-state index contributed by atoms with van der Waals surface area (Å²) in [4.78, 5) is 25.0. The number of nitrogens with one attached hydrogen (secondary N) is 3. The fourth-order valence-corrected chi connectivity index (χ4v) is 2.95. The lowest BCUT2D eigenvalue weighted by atomic mass is 10.2. The highest BCUT2D eigenvalue weighted by atomic mass is 79.9. The van der Waals surface area contributed by atoms with Gasteiger partial charge in [0.15, 0.2) is 0 Å². The number of benzene rings is 1. The van der Waals surface area contributed by atoms with E-state index in [0.717, 1.165) is 5.56 Å². The molecular formula is C20H21BrN6O2. The zero-order valence-electron chi connectivity index (χ0n) is 16.1. The first-order chi connectivity index (χ1) is 14.0. The molecule has 0 aliphatic rings. The molecule has 29 heavy (non-hydrogen) atoms. The van der Waals surface area contributed by atoms with Gasteiger partial charge in [0, 0.05) is 29.8 Å². The fraction of sp³-hybridized carbons (Fsp3) is 0.200. The van der Waals surface area contributed by atoms with Crippen LogP contribution in [0, 0.1) is 6.92 Å². The van der Waals surface area contributed by atoms with Crippen LogP contribution in [0.2, 0.25) is 0 Å². The molecule has 1 amide bonds. The summed E-state index contributed by atoms with van der Waals surface area (Å²) >= 11 is 3.38. The van der Waals surface area contributed by atoms with Crippen molar-refractivity contribution < 1.29 is 9.53 Å². The number of rotatable bonds is 8. The second-order valence-corrected chi connectivity index (χ2v) is 7.01. The van der Waals surface area contributed by atoms with Crippen molar-refractivity contribution in [1.82, 2.24) is 20.3 Å². The Morgan fingerprint density at radius 3 is 2.62 bits per heavy atom. The second kappa shape index (κ2) is 9.83. The van der Waals surface area contributed by atoms with Crippen molar-refractivity contribution in [3.8, 4) is 5.75 Å². The van der Waals surface area contributed by atoms with Crippen LogP contribution in [0.15, 0.2) is 53.4 Å². The first-order valence-electron chi connectivity index (χ1n) is 8.92. The van der Waals surface area contributed by atoms with Crippen LogP contribution in [0.4, 0.5) is 17.5 Å². The van der Waals surface area contributed by atoms with E-state index in [4.69, 9.17) is 4.74 Å². The molecule has 0 unspecified atom stereocenters. The van der Waals surface area contributed by atoms with Gasteiger partial charge in [-0.2, -0.15) is 0 Å². The number of carbonyl (C=O) groups is 1. The molecule has 9 heteroatoms. The molecule has 1 aromatic carbocycles. The van der Waals surface area contributed by atoms with Gasteiger partial charge in [0.25, 0.3) is 5.91 Å². The van der Waals surface area contributed by atoms with Crippen LogP contribution < -0.4 is 20.7 Å². The molecule has 3 rings (SSSR count). The molecule has 3 aromatic rings. The Balaban J connectivity index is 1.51. The van der Waals surface area contributed by atoms with Crippen molar-refractivity contribution in [2.75, 3.05) is 30.8 Å². The molecule has 0 aliphatic carbocycles. The van der Waals surface area contributed by atoms with Gasteiger partial charge in [-0.15, -0.1) is 0 Å². The van der Waals surface area contributed by atoms with E-state index in [9.17, 15) is 4.79 Å². The van der Waals surface area contributed by atoms with Crippen molar-refractivity contribution in [2.24, 2.45) is 0 Å². The van der Waals surface area contributed by atoms with Crippen LogP contribution in [-0.4, -0.2) is 41.1 Å². The zero-order chi connectivity index (χ0) is 20.6. The quantitative estimate of drug-likeness (QED) is 0.445. The minimum atomic E-state index is -0.187. The molecule has 0 saturated heterocycles. The molecule has 0 bridgehead atoms. The molecule has 0 fully saturated rings. The van der Waals surface area contributed by atoms with E-state index >= 15 is 0 Å². The Hall–Kier alpha value is -3.20. The zero-order valence-corrected chi connectivity index (χ0v) is 17.7. The Morgan fingerprint density at radius 2 is 1.83 bits per heavy atom. The predicted molar refractivity (Wildman–Crippen MR) is 116 cm³/mol. The first kappa shape index (κ1) is 20.5. The van der Waals surface area contributed by atoms with Gasteiger partial charge in [-0.25, -0.2) is 15.0 Å². The Labute approximate surface area is 177 Å². The van der Waals surface area contributed by atoms with Gasteiger partial charge in [0.1, 0.15) is 29.5 Å². The monoisotopic (exact) mass is 456 g/mol. The summed E-state index contributed by atoms with van der Waals surface area (Å²) in [5.41, 5.74) is 1.62. The Morgan fingerprint density at radius 1 is 1.03 bits per heavy atom. The molecule has 2 aromatic heterocycles. The number of halogens is 1. The van der Waals surface area contributed by atoms with Crippen LogP contribution in [0.5, 0.6) is 5.75 Å². The van der Waals surface area contributed by atoms with Crippen molar-refractivity contribution >= 4 is 39.3 Å². The molecule has 0 aliphatic heterocycles. The molecule has 8 nitrogen and oxygen atoms in total. The van der Waals surface area contributed by atoms with Gasteiger partial charge in [-0.1, -0.05) is 0 Å². The summed E-state index contributed by atoms with van der Waals surface area (Å²) in [5, 5.41) is 9.17. The summed E-state index contributed by atoms with van der Waals surface area (Å²) < 4.78 is 5.87. The maximum Gasteiger partial charge on any atom is 0.252 e. The van der Waals surface area contributed by atoms with Gasteiger partial charge in [0.2, 0.25) is 0 Å². The van der Waals surface area contributed by atoms with Crippen molar-refractivity contribution in [2.45, 2.75) is 6.92 Å². The summed E-state index contributed by atoms with van der Waals surface area (Å²) in [6, 6.07) is 10.9. The molecule has 0 radical (unpaired) electrons. The van der Waals surface area contributed by atoms with E-state index in [-0.39, 0.29) is 5.91 Å². The minimum absolute atomic E-state index is 0.187. The highest BCUT2D eigenvalue weighted by Gasteiger charge is 2.11. The first-order valence-corrected chi connectivity index (χ1v) is 9.72. The SMILES string of the molecule is COc1ccc(Br)c(C(=O)NCCNc2cc(Nc3cc(C)ccn3)ncn2)c1. The number of nitrogens with zero attached hydrogens (tertiary/aromatic N) is 3. The van der Waals surface area contributed by atoms with E-state index in [1.54, 1.807) is 37.6 Å². The van der Waals surface area contributed by atoms with Crippen molar-refractivity contribution in [3.63, 3.8) is 0 Å². The number of carbonyl (C=O) groups excluding carboxylic acids is 1. The largest absolute Gasteiger partial charge is 0.497 e. The van der Waals surface area contributed by atoms with Crippen LogP contribution in [0.25, 0.3) is 0 Å². The van der Waals surface area contributed by atoms with Crippen LogP contribution in [0.1, 0.15) is 15.9 Å². The van der Waals surface area contributed by atoms with Gasteiger partial charge >= 0.3 is 0 Å². The van der Waals surface area contributed by atoms with Crippen LogP contribution in [0.3, 0.4) is 0 Å². The lowest BCUT2D eigenvalue weighted by Gasteiger charge is -2.10. The van der Waals surface area contributed by atoms with E-state index < -0.39 is 0 Å². The van der Waals surface area contributed by atoms with Crippen molar-refractivity contribution in [1.29, 1.82) is 0 Å². The third-order valence-electron chi connectivity index (χ3n) is 3.97. The number of methoxy groups -OCH3 is 1. The number of aromatic nitrogens is 3. The van der Waals surface area contributed by atoms with Crippen LogP contribution >= 0.6 is 15.9 Å². The molecule has 3 N–H and O–H groups in total. The van der Waals surface area contributed by atoms with Gasteiger partial charge < -0.3 is 20.7 Å². The summed E-state index contributed by atoms with van der Waals surface area (Å²) in [6.07, 6.45) is 3.20. The third-order valence-corrected chi connectivity index (χ3v) is 4.66. The smallest absolute Gasteiger partial charge is 0.252 e. The number of aryl methyl sites for hydroxylation is 1. The predicted octanol–water partition coefficient (Wildman–Crippen LogP) is 3.54. The van der Waals surface area contributed by atoms with E-state index in [1.165, 1.54) is 6.33 Å². The van der Waals surface area contributed by atoms with Gasteiger partial charge in [0.05, 0.1) is 12.7 Å². The molecule has 0 spiro atoms. The Kier molecular flexibility index (Phi) is 6.96. The number of hydrogen-bond acceptors (Lipinski definition) is 7. The van der Waals surface area contributed by atoms with Crippen molar-refractivity contribution in [3.05, 3.63) is 64.5 Å². The number of pyridine rings is 1. The number of hydrogen-bond donors (Lipinski definition) is 3. The number of ether oxygens (including phenoxy) is 1. The molecule has 2 heterocycles. The standard InChI is InChI=1S/C20H21BrN6O2/c1-13-5-6-22-18(9-13)27-19-11-17(25-12-26-19)23-7-8-24-20(28)15-10-14(29-2)3-4-16(15)21/h3-6,9-12H,7-8H2,1-2H3,(H,24,28)(H2,22,23,25,26,27). The highest BCUT2D eigenvalue weighted by Crippen LogP contribution is 2.22. The van der Waals surface area contributed by atoms with E-state index in [2.05, 4.69) is 46.8 Å². The molecule has 0 atom stereocenters. The summed E-state index contributed by atoms with van der Waals surface area (Å²) in [7, 11) is 1.56. The normalized spacial score (nSPS) is 10.3. The van der Waals surface area contributed by atoms with Gasteiger partial charge in [-0.3, -0.25) is 4.79 Å². The highest BCUT2D eigenvalue weighted by molar-refractivity contribution is 9.10. The summed E-state index contributed by atoms with van der Waals surface area (Å²) in [5.74, 6) is 2.43. The average molecular weight is 457 g/mol. The Bertz CT molecular complexity index is 998. The molecular weight excluding hydrogens is 436 g/mol. The minimum Gasteiger partial charge on any atom is -0.497 e. The van der Waals surface area contributed by atoms with E-state index in [0.29, 0.717) is 46.3 Å². The maximum absolute atomic E-state index is 12.4. The number of anilines is 3. The second-order valence-electron chi connectivity index (χ2n) is 6.16. The molecule has 150 valence electrons. The van der Waals surface area contributed by atoms with E-state index in [1.807, 2.05) is 19.1 Å². The molecule has 0 saturated carbocycles. The van der Waals surface area contributed by atoms with Crippen LogP contribution in [-0.2, 0) is 0 Å². The lowest BCUT2D eigenvalue weighted by Crippen LogP contribution is -2.29.